The van der Waals surface area contributed by atoms with Gasteiger partial charge in [-0.15, -0.1) is 0 Å². The molecule has 1 atom stereocenters. The molecule has 0 N–H and O–H groups in total. The Bertz CT molecular complexity index is 698. The molecule has 1 unspecified atom stereocenters. The largest absolute Gasteiger partial charge is 0.372 e. The number of aromatic nitrogens is 1. The Morgan fingerprint density at radius 2 is 2.00 bits per heavy atom. The minimum atomic E-state index is -0.00225. The van der Waals surface area contributed by atoms with Crippen LogP contribution in [-0.2, 0) is 22.6 Å². The molecule has 0 aliphatic carbocycles. The van der Waals surface area contributed by atoms with Crippen molar-refractivity contribution in [2.75, 3.05) is 19.7 Å². The smallest absolute Gasteiger partial charge is 0.0959 e. The van der Waals surface area contributed by atoms with Crippen molar-refractivity contribution in [3.63, 3.8) is 0 Å². The maximum absolute atomic E-state index is 6.15. The van der Waals surface area contributed by atoms with Crippen LogP contribution in [0.1, 0.15) is 29.8 Å². The molecule has 2 aromatic rings. The third-order valence-electron chi connectivity index (χ3n) is 5.13. The molecule has 2 fully saturated rings. The van der Waals surface area contributed by atoms with Gasteiger partial charge in [-0.05, 0) is 31.0 Å². The summed E-state index contributed by atoms with van der Waals surface area (Å²) in [6.45, 7) is 6.42. The normalized spacial score (nSPS) is 22.7. The van der Waals surface area contributed by atoms with Crippen molar-refractivity contribution >= 4 is 0 Å². The number of pyridine rings is 1. The molecule has 0 radical (unpaired) electrons. The van der Waals surface area contributed by atoms with E-state index in [2.05, 4.69) is 40.2 Å². The molecule has 3 heterocycles. The van der Waals surface area contributed by atoms with Gasteiger partial charge < -0.3 is 9.47 Å². The van der Waals surface area contributed by atoms with E-state index >= 15 is 0 Å². The van der Waals surface area contributed by atoms with Crippen LogP contribution in [0.15, 0.2) is 48.5 Å². The van der Waals surface area contributed by atoms with Crippen LogP contribution in [0.3, 0.4) is 0 Å². The van der Waals surface area contributed by atoms with Crippen LogP contribution in [0.25, 0.3) is 0 Å². The summed E-state index contributed by atoms with van der Waals surface area (Å²) in [4.78, 5) is 6.98. The molecule has 0 saturated carbocycles. The first-order valence-corrected chi connectivity index (χ1v) is 9.15. The molecule has 4 rings (SSSR count). The van der Waals surface area contributed by atoms with Crippen molar-refractivity contribution in [3.8, 4) is 0 Å². The Kier molecular flexibility index (Phi) is 4.84. The van der Waals surface area contributed by atoms with E-state index in [-0.39, 0.29) is 11.7 Å². The molecule has 2 saturated heterocycles. The fraction of sp³-hybridized carbons (Fsp3) is 0.476. The molecule has 0 bridgehead atoms. The molecule has 4 nitrogen and oxygen atoms in total. The van der Waals surface area contributed by atoms with Gasteiger partial charge in [-0.3, -0.25) is 9.88 Å². The summed E-state index contributed by atoms with van der Waals surface area (Å²) in [5.74, 6) is 0. The lowest BCUT2D eigenvalue weighted by Crippen LogP contribution is -2.65. The van der Waals surface area contributed by atoms with Crippen LogP contribution < -0.4 is 0 Å². The van der Waals surface area contributed by atoms with Gasteiger partial charge in [0.15, 0.2) is 0 Å². The van der Waals surface area contributed by atoms with Gasteiger partial charge in [0.1, 0.15) is 0 Å². The first-order valence-electron chi connectivity index (χ1n) is 9.15. The van der Waals surface area contributed by atoms with Crippen molar-refractivity contribution < 1.29 is 9.47 Å². The lowest BCUT2D eigenvalue weighted by atomic mass is 9.84. The van der Waals surface area contributed by atoms with Gasteiger partial charge in [0.25, 0.3) is 0 Å². The summed E-state index contributed by atoms with van der Waals surface area (Å²) in [6.07, 6.45) is 2.24. The molecule has 2 aliphatic heterocycles. The van der Waals surface area contributed by atoms with E-state index in [0.717, 1.165) is 50.5 Å². The molecule has 4 heteroatoms. The fourth-order valence-corrected chi connectivity index (χ4v) is 3.95. The van der Waals surface area contributed by atoms with Gasteiger partial charge in [-0.2, -0.15) is 0 Å². The van der Waals surface area contributed by atoms with E-state index < -0.39 is 0 Å². The Morgan fingerprint density at radius 3 is 2.80 bits per heavy atom. The molecular weight excluding hydrogens is 312 g/mol. The highest BCUT2D eigenvalue weighted by atomic mass is 16.5. The van der Waals surface area contributed by atoms with Gasteiger partial charge in [0, 0.05) is 38.4 Å². The van der Waals surface area contributed by atoms with E-state index in [0.29, 0.717) is 6.61 Å². The summed E-state index contributed by atoms with van der Waals surface area (Å²) >= 11 is 0. The quantitative estimate of drug-likeness (QED) is 0.837. The van der Waals surface area contributed by atoms with Gasteiger partial charge in [-0.1, -0.05) is 36.4 Å². The third-order valence-corrected chi connectivity index (χ3v) is 5.13. The summed E-state index contributed by atoms with van der Waals surface area (Å²) in [5, 5.41) is 0. The predicted octanol–water partition coefficient (Wildman–Crippen LogP) is 3.34. The van der Waals surface area contributed by atoms with E-state index in [4.69, 9.17) is 9.47 Å². The number of aryl methyl sites for hydroxylation is 1. The highest BCUT2D eigenvalue weighted by Crippen LogP contribution is 2.36. The van der Waals surface area contributed by atoms with Gasteiger partial charge in [-0.25, -0.2) is 0 Å². The number of hydrogen-bond donors (Lipinski definition) is 0. The molecule has 2 aliphatic rings. The molecule has 1 aromatic heterocycles. The Labute approximate surface area is 149 Å². The van der Waals surface area contributed by atoms with E-state index in [1.165, 1.54) is 5.56 Å². The van der Waals surface area contributed by atoms with E-state index in [9.17, 15) is 0 Å². The van der Waals surface area contributed by atoms with Crippen LogP contribution in [0.5, 0.6) is 0 Å². The zero-order valence-electron chi connectivity index (χ0n) is 14.9. The first kappa shape index (κ1) is 16.7. The fourth-order valence-electron chi connectivity index (χ4n) is 3.95. The number of likely N-dealkylation sites (tertiary alicyclic amines) is 1. The van der Waals surface area contributed by atoms with E-state index in [1.54, 1.807) is 0 Å². The Morgan fingerprint density at radius 1 is 1.16 bits per heavy atom. The van der Waals surface area contributed by atoms with Crippen LogP contribution in [0.4, 0.5) is 0 Å². The lowest BCUT2D eigenvalue weighted by Gasteiger charge is -2.53. The standard InChI is InChI=1S/C21H26N2O2/c1-17-6-5-9-19(22-17)14-24-20-10-11-25-21(12-20)15-23(16-21)13-18-7-3-2-4-8-18/h2-9,20H,10-16H2,1H3. The number of benzene rings is 1. The summed E-state index contributed by atoms with van der Waals surface area (Å²) in [6, 6.07) is 16.7. The Balaban J connectivity index is 1.27. The summed E-state index contributed by atoms with van der Waals surface area (Å²) in [7, 11) is 0. The van der Waals surface area contributed by atoms with Gasteiger partial charge in [0.05, 0.1) is 24.0 Å². The molecule has 0 amide bonds. The van der Waals surface area contributed by atoms with Crippen molar-refractivity contribution in [1.82, 2.24) is 9.88 Å². The van der Waals surface area contributed by atoms with Crippen LogP contribution in [-0.4, -0.2) is 41.3 Å². The number of nitrogens with zero attached hydrogens (tertiary/aromatic N) is 2. The van der Waals surface area contributed by atoms with Crippen LogP contribution in [0.2, 0.25) is 0 Å². The number of ether oxygens (including phenoxy) is 2. The van der Waals surface area contributed by atoms with Gasteiger partial charge in [0.2, 0.25) is 0 Å². The number of hydrogen-bond acceptors (Lipinski definition) is 4. The highest BCUT2D eigenvalue weighted by Gasteiger charge is 2.47. The molecule has 132 valence electrons. The Hall–Kier alpha value is -1.75. The maximum atomic E-state index is 6.15. The van der Waals surface area contributed by atoms with E-state index in [1.807, 2.05) is 25.1 Å². The lowest BCUT2D eigenvalue weighted by molar-refractivity contribution is -0.200. The van der Waals surface area contributed by atoms with Crippen molar-refractivity contribution in [2.45, 2.75) is 44.6 Å². The average molecular weight is 338 g/mol. The second-order valence-electron chi connectivity index (χ2n) is 7.36. The monoisotopic (exact) mass is 338 g/mol. The minimum absolute atomic E-state index is 0.00225. The predicted molar refractivity (Wildman–Crippen MR) is 97.2 cm³/mol. The topological polar surface area (TPSA) is 34.6 Å². The zero-order valence-corrected chi connectivity index (χ0v) is 14.9. The molecule has 25 heavy (non-hydrogen) atoms. The number of rotatable bonds is 5. The van der Waals surface area contributed by atoms with Crippen molar-refractivity contribution in [3.05, 3.63) is 65.5 Å². The minimum Gasteiger partial charge on any atom is -0.372 e. The molecule has 1 aromatic carbocycles. The first-order chi connectivity index (χ1) is 12.2. The van der Waals surface area contributed by atoms with Crippen LogP contribution >= 0.6 is 0 Å². The van der Waals surface area contributed by atoms with Crippen molar-refractivity contribution in [1.29, 1.82) is 0 Å². The molecular formula is C21H26N2O2. The second kappa shape index (κ2) is 7.24. The SMILES string of the molecule is Cc1cccc(COC2CCOC3(C2)CN(Cc2ccccc2)C3)n1. The maximum Gasteiger partial charge on any atom is 0.0959 e. The van der Waals surface area contributed by atoms with Crippen molar-refractivity contribution in [2.24, 2.45) is 0 Å². The third kappa shape index (κ3) is 4.09. The van der Waals surface area contributed by atoms with Crippen LogP contribution in [0, 0.1) is 6.92 Å². The molecule has 1 spiro atoms. The highest BCUT2D eigenvalue weighted by molar-refractivity contribution is 5.16. The average Bonchev–Trinajstić information content (AvgIpc) is 2.60. The summed E-state index contributed by atoms with van der Waals surface area (Å²) < 4.78 is 12.3. The second-order valence-corrected chi connectivity index (χ2v) is 7.36. The van der Waals surface area contributed by atoms with Gasteiger partial charge >= 0.3 is 0 Å². The zero-order chi connectivity index (χ0) is 17.1. The summed E-state index contributed by atoms with van der Waals surface area (Å²) in [5.41, 5.74) is 3.42.